The van der Waals surface area contributed by atoms with Crippen molar-refractivity contribution in [3.8, 4) is 23.0 Å². The third-order valence-electron chi connectivity index (χ3n) is 5.37. The zero-order valence-electron chi connectivity index (χ0n) is 20.0. The second-order valence-electron chi connectivity index (χ2n) is 7.53. The molecular formula is C27H26N2O5S. The van der Waals surface area contributed by atoms with Crippen molar-refractivity contribution in [3.05, 3.63) is 77.9 Å². The van der Waals surface area contributed by atoms with Crippen molar-refractivity contribution in [1.29, 1.82) is 0 Å². The lowest BCUT2D eigenvalue weighted by atomic mass is 10.1. The molecule has 0 spiro atoms. The molecule has 0 unspecified atom stereocenters. The number of fused-ring (bicyclic) bond motifs is 1. The molecule has 0 fully saturated rings. The Morgan fingerprint density at radius 1 is 0.914 bits per heavy atom. The molecule has 1 aromatic heterocycles. The molecule has 3 aromatic carbocycles. The molecular weight excluding hydrogens is 464 g/mol. The fourth-order valence-electron chi connectivity index (χ4n) is 3.60. The van der Waals surface area contributed by atoms with Gasteiger partial charge in [0.05, 0.1) is 45.2 Å². The molecule has 0 aliphatic rings. The van der Waals surface area contributed by atoms with Gasteiger partial charge < -0.3 is 18.9 Å². The predicted molar refractivity (Wildman–Crippen MR) is 139 cm³/mol. The van der Waals surface area contributed by atoms with Crippen LogP contribution in [0.2, 0.25) is 0 Å². The number of thiazole rings is 1. The normalized spacial score (nSPS) is 11.0. The topological polar surface area (TPSA) is 70.1 Å². The Hall–Kier alpha value is -4.04. The van der Waals surface area contributed by atoms with Gasteiger partial charge in [0, 0.05) is 6.08 Å². The van der Waals surface area contributed by atoms with Crippen LogP contribution in [0.15, 0.2) is 66.7 Å². The molecule has 0 aliphatic carbocycles. The maximum Gasteiger partial charge on any atom is 0.253 e. The summed E-state index contributed by atoms with van der Waals surface area (Å²) in [5.41, 5.74) is 2.55. The number of hydrogen-bond donors (Lipinski definition) is 0. The largest absolute Gasteiger partial charge is 0.497 e. The Bertz CT molecular complexity index is 1330. The minimum Gasteiger partial charge on any atom is -0.497 e. The molecule has 35 heavy (non-hydrogen) atoms. The number of benzene rings is 3. The fourth-order valence-corrected chi connectivity index (χ4v) is 4.59. The molecule has 0 aliphatic heterocycles. The number of anilines is 1. The first-order valence-electron chi connectivity index (χ1n) is 10.8. The molecule has 0 bridgehead atoms. The fraction of sp³-hybridized carbons (Fsp3) is 0.185. The van der Waals surface area contributed by atoms with Crippen LogP contribution < -0.4 is 23.8 Å². The summed E-state index contributed by atoms with van der Waals surface area (Å²) in [5, 5.41) is 0.608. The van der Waals surface area contributed by atoms with E-state index < -0.39 is 0 Å². The Kier molecular flexibility index (Phi) is 7.52. The SMILES string of the molecule is COc1ccc2nc(N(Cc3ccccc3)C(=O)/C=C/c3cc(OC)c(OC)c(OC)c3)sc2c1. The first-order chi connectivity index (χ1) is 17.1. The maximum absolute atomic E-state index is 13.4. The van der Waals surface area contributed by atoms with Gasteiger partial charge in [0.15, 0.2) is 16.6 Å². The molecule has 0 saturated heterocycles. The number of aromatic nitrogens is 1. The van der Waals surface area contributed by atoms with E-state index in [1.54, 1.807) is 51.5 Å². The Balaban J connectivity index is 1.68. The Morgan fingerprint density at radius 2 is 1.63 bits per heavy atom. The number of ether oxygens (including phenoxy) is 4. The summed E-state index contributed by atoms with van der Waals surface area (Å²) in [6, 6.07) is 19.1. The minimum atomic E-state index is -0.200. The molecule has 0 saturated carbocycles. The van der Waals surface area contributed by atoms with Gasteiger partial charge in [-0.3, -0.25) is 9.69 Å². The van der Waals surface area contributed by atoms with Crippen LogP contribution >= 0.6 is 11.3 Å². The van der Waals surface area contributed by atoms with Crippen molar-refractivity contribution < 1.29 is 23.7 Å². The van der Waals surface area contributed by atoms with Crippen molar-refractivity contribution in [2.75, 3.05) is 33.3 Å². The van der Waals surface area contributed by atoms with E-state index in [0.29, 0.717) is 28.9 Å². The number of hydrogen-bond acceptors (Lipinski definition) is 7. The van der Waals surface area contributed by atoms with Gasteiger partial charge in [-0.05, 0) is 47.5 Å². The van der Waals surface area contributed by atoms with Crippen LogP contribution in [0.4, 0.5) is 5.13 Å². The highest BCUT2D eigenvalue weighted by Gasteiger charge is 2.19. The van der Waals surface area contributed by atoms with Crippen molar-refractivity contribution >= 4 is 38.7 Å². The zero-order chi connectivity index (χ0) is 24.8. The van der Waals surface area contributed by atoms with Crippen LogP contribution in [0.25, 0.3) is 16.3 Å². The van der Waals surface area contributed by atoms with Gasteiger partial charge in [-0.25, -0.2) is 4.98 Å². The highest BCUT2D eigenvalue weighted by Crippen LogP contribution is 2.38. The van der Waals surface area contributed by atoms with E-state index in [-0.39, 0.29) is 5.91 Å². The predicted octanol–water partition coefficient (Wildman–Crippen LogP) is 5.58. The van der Waals surface area contributed by atoms with Gasteiger partial charge in [0.2, 0.25) is 5.75 Å². The van der Waals surface area contributed by atoms with Gasteiger partial charge >= 0.3 is 0 Å². The van der Waals surface area contributed by atoms with Crippen molar-refractivity contribution in [3.63, 3.8) is 0 Å². The van der Waals surface area contributed by atoms with Crippen molar-refractivity contribution in [2.24, 2.45) is 0 Å². The average Bonchev–Trinajstić information content (AvgIpc) is 3.33. The van der Waals surface area contributed by atoms with E-state index in [4.69, 9.17) is 23.9 Å². The molecule has 1 amide bonds. The van der Waals surface area contributed by atoms with E-state index >= 15 is 0 Å². The highest BCUT2D eigenvalue weighted by molar-refractivity contribution is 7.22. The zero-order valence-corrected chi connectivity index (χ0v) is 20.8. The lowest BCUT2D eigenvalue weighted by molar-refractivity contribution is -0.114. The van der Waals surface area contributed by atoms with Crippen LogP contribution in [0.1, 0.15) is 11.1 Å². The molecule has 0 N–H and O–H groups in total. The standard InChI is InChI=1S/C27H26N2O5S/c1-31-20-11-12-21-24(16-20)35-27(28-21)29(17-18-8-6-5-7-9-18)25(30)13-10-19-14-22(32-2)26(34-4)23(15-19)33-3/h5-16H,17H2,1-4H3/b13-10+. The summed E-state index contributed by atoms with van der Waals surface area (Å²) >= 11 is 1.44. The van der Waals surface area contributed by atoms with Crippen LogP contribution in [-0.2, 0) is 11.3 Å². The lowest BCUT2D eigenvalue weighted by Crippen LogP contribution is -2.28. The number of rotatable bonds is 9. The number of methoxy groups -OCH3 is 4. The second kappa shape index (κ2) is 10.9. The summed E-state index contributed by atoms with van der Waals surface area (Å²) < 4.78 is 22.5. The summed E-state index contributed by atoms with van der Waals surface area (Å²) in [5.74, 6) is 2.07. The lowest BCUT2D eigenvalue weighted by Gasteiger charge is -2.18. The monoisotopic (exact) mass is 490 g/mol. The number of carbonyl (C=O) groups is 1. The average molecular weight is 491 g/mol. The van der Waals surface area contributed by atoms with Crippen LogP contribution in [0, 0.1) is 0 Å². The maximum atomic E-state index is 13.4. The van der Waals surface area contributed by atoms with Gasteiger partial charge in [0.25, 0.3) is 5.91 Å². The van der Waals surface area contributed by atoms with Crippen molar-refractivity contribution in [2.45, 2.75) is 6.54 Å². The van der Waals surface area contributed by atoms with Crippen LogP contribution in [-0.4, -0.2) is 39.3 Å². The molecule has 180 valence electrons. The molecule has 8 heteroatoms. The quantitative estimate of drug-likeness (QED) is 0.286. The Morgan fingerprint density at radius 3 is 2.26 bits per heavy atom. The van der Waals surface area contributed by atoms with E-state index in [1.165, 1.54) is 17.4 Å². The first-order valence-corrected chi connectivity index (χ1v) is 11.7. The third-order valence-corrected chi connectivity index (χ3v) is 6.41. The molecule has 0 radical (unpaired) electrons. The number of amides is 1. The van der Waals surface area contributed by atoms with Gasteiger partial charge in [-0.1, -0.05) is 41.7 Å². The van der Waals surface area contributed by atoms with Gasteiger partial charge in [0.1, 0.15) is 5.75 Å². The number of carbonyl (C=O) groups excluding carboxylic acids is 1. The van der Waals surface area contributed by atoms with E-state index in [9.17, 15) is 4.79 Å². The summed E-state index contributed by atoms with van der Waals surface area (Å²) in [7, 11) is 6.29. The van der Waals surface area contributed by atoms with Crippen molar-refractivity contribution in [1.82, 2.24) is 4.98 Å². The molecule has 4 aromatic rings. The summed E-state index contributed by atoms with van der Waals surface area (Å²) in [4.78, 5) is 19.8. The first kappa shape index (κ1) is 24.1. The number of nitrogens with zero attached hydrogens (tertiary/aromatic N) is 2. The summed E-state index contributed by atoms with van der Waals surface area (Å²) in [6.45, 7) is 0.385. The highest BCUT2D eigenvalue weighted by atomic mass is 32.1. The third kappa shape index (κ3) is 5.38. The Labute approximate surface area is 208 Å². The molecule has 0 atom stereocenters. The van der Waals surface area contributed by atoms with Gasteiger partial charge in [-0.2, -0.15) is 0 Å². The van der Waals surface area contributed by atoms with E-state index in [0.717, 1.165) is 27.1 Å². The van der Waals surface area contributed by atoms with Crippen LogP contribution in [0.3, 0.4) is 0 Å². The van der Waals surface area contributed by atoms with E-state index in [1.807, 2.05) is 48.5 Å². The summed E-state index contributed by atoms with van der Waals surface area (Å²) in [6.07, 6.45) is 3.25. The van der Waals surface area contributed by atoms with Gasteiger partial charge in [-0.15, -0.1) is 0 Å². The molecule has 7 nitrogen and oxygen atoms in total. The minimum absolute atomic E-state index is 0.200. The van der Waals surface area contributed by atoms with E-state index in [2.05, 4.69) is 0 Å². The second-order valence-corrected chi connectivity index (χ2v) is 8.54. The molecule has 4 rings (SSSR count). The smallest absolute Gasteiger partial charge is 0.253 e. The molecule has 1 heterocycles. The van der Waals surface area contributed by atoms with Crippen LogP contribution in [0.5, 0.6) is 23.0 Å².